The smallest absolute Gasteiger partial charge is 0.251 e. The van der Waals surface area contributed by atoms with Gasteiger partial charge in [0, 0.05) is 23.2 Å². The largest absolute Gasteiger partial charge is 0.438 e. The number of aromatic nitrogens is 2. The quantitative estimate of drug-likeness (QED) is 0.764. The Bertz CT molecular complexity index is 846. The van der Waals surface area contributed by atoms with E-state index in [1.54, 1.807) is 18.2 Å². The van der Waals surface area contributed by atoms with Gasteiger partial charge in [-0.1, -0.05) is 30.3 Å². The van der Waals surface area contributed by atoms with Crippen molar-refractivity contribution in [3.63, 3.8) is 0 Å². The standard InChI is InChI=1S/C20H19N3O2/c1-14(2)21-20(24)16-8-6-7-15(13-16)18-11-12-19(23-22-18)25-17-9-4-3-5-10-17/h3-14H,1-2H3,(H,21,24). The highest BCUT2D eigenvalue weighted by atomic mass is 16.5. The molecule has 0 aliphatic rings. The molecular weight excluding hydrogens is 314 g/mol. The van der Waals surface area contributed by atoms with Gasteiger partial charge in [0.1, 0.15) is 5.75 Å². The summed E-state index contributed by atoms with van der Waals surface area (Å²) in [6.07, 6.45) is 0. The van der Waals surface area contributed by atoms with Crippen molar-refractivity contribution in [3.8, 4) is 22.9 Å². The molecule has 1 amide bonds. The molecule has 0 saturated heterocycles. The van der Waals surface area contributed by atoms with Crippen LogP contribution in [0.1, 0.15) is 24.2 Å². The van der Waals surface area contributed by atoms with Gasteiger partial charge in [0.25, 0.3) is 5.91 Å². The van der Waals surface area contributed by atoms with Gasteiger partial charge in [0.2, 0.25) is 5.88 Å². The zero-order valence-electron chi connectivity index (χ0n) is 14.1. The van der Waals surface area contributed by atoms with E-state index in [-0.39, 0.29) is 11.9 Å². The summed E-state index contributed by atoms with van der Waals surface area (Å²) in [5, 5.41) is 11.2. The van der Waals surface area contributed by atoms with Crippen LogP contribution in [0.4, 0.5) is 0 Å². The molecule has 0 aliphatic heterocycles. The Balaban J connectivity index is 1.77. The molecule has 0 atom stereocenters. The van der Waals surface area contributed by atoms with E-state index in [0.29, 0.717) is 22.9 Å². The summed E-state index contributed by atoms with van der Waals surface area (Å²) >= 11 is 0. The first-order valence-corrected chi connectivity index (χ1v) is 8.10. The fourth-order valence-electron chi connectivity index (χ4n) is 2.30. The molecule has 0 bridgehead atoms. The van der Waals surface area contributed by atoms with E-state index in [1.807, 2.05) is 62.4 Å². The van der Waals surface area contributed by atoms with Gasteiger partial charge in [-0.2, -0.15) is 0 Å². The molecule has 3 rings (SSSR count). The highest BCUT2D eigenvalue weighted by Crippen LogP contribution is 2.22. The number of hydrogen-bond acceptors (Lipinski definition) is 4. The van der Waals surface area contributed by atoms with Crippen LogP contribution in [0.25, 0.3) is 11.3 Å². The molecule has 0 saturated carbocycles. The van der Waals surface area contributed by atoms with E-state index in [2.05, 4.69) is 15.5 Å². The van der Waals surface area contributed by atoms with Crippen molar-refractivity contribution in [3.05, 3.63) is 72.3 Å². The monoisotopic (exact) mass is 333 g/mol. The van der Waals surface area contributed by atoms with Crippen LogP contribution in [-0.4, -0.2) is 22.1 Å². The van der Waals surface area contributed by atoms with E-state index in [1.165, 1.54) is 0 Å². The molecule has 5 nitrogen and oxygen atoms in total. The predicted octanol–water partition coefficient (Wildman–Crippen LogP) is 4.07. The van der Waals surface area contributed by atoms with E-state index in [4.69, 9.17) is 4.74 Å². The van der Waals surface area contributed by atoms with E-state index < -0.39 is 0 Å². The Labute approximate surface area is 146 Å². The number of para-hydroxylation sites is 1. The minimum absolute atomic E-state index is 0.0883. The maximum absolute atomic E-state index is 12.1. The summed E-state index contributed by atoms with van der Waals surface area (Å²) in [7, 11) is 0. The number of ether oxygens (including phenoxy) is 1. The van der Waals surface area contributed by atoms with Crippen LogP contribution in [0, 0.1) is 0 Å². The molecule has 1 heterocycles. The third-order valence-corrected chi connectivity index (χ3v) is 3.45. The van der Waals surface area contributed by atoms with Crippen molar-refractivity contribution in [2.75, 3.05) is 0 Å². The van der Waals surface area contributed by atoms with Crippen LogP contribution in [-0.2, 0) is 0 Å². The SMILES string of the molecule is CC(C)NC(=O)c1cccc(-c2ccc(Oc3ccccc3)nn2)c1. The van der Waals surface area contributed by atoms with Crippen molar-refractivity contribution >= 4 is 5.91 Å². The maximum atomic E-state index is 12.1. The third-order valence-electron chi connectivity index (χ3n) is 3.45. The molecule has 2 aromatic carbocycles. The molecule has 0 radical (unpaired) electrons. The summed E-state index contributed by atoms with van der Waals surface area (Å²) in [6, 6.07) is 20.4. The number of carbonyl (C=O) groups is 1. The Morgan fingerprint density at radius 1 is 0.960 bits per heavy atom. The zero-order chi connectivity index (χ0) is 17.6. The fraction of sp³-hybridized carbons (Fsp3) is 0.150. The Hall–Kier alpha value is -3.21. The summed E-state index contributed by atoms with van der Waals surface area (Å²) in [5.74, 6) is 1.02. The van der Waals surface area contributed by atoms with Crippen LogP contribution in [0.3, 0.4) is 0 Å². The van der Waals surface area contributed by atoms with Crippen LogP contribution < -0.4 is 10.1 Å². The zero-order valence-corrected chi connectivity index (χ0v) is 14.1. The van der Waals surface area contributed by atoms with Crippen molar-refractivity contribution in [1.29, 1.82) is 0 Å². The lowest BCUT2D eigenvalue weighted by molar-refractivity contribution is 0.0943. The lowest BCUT2D eigenvalue weighted by Gasteiger charge is -2.09. The number of benzene rings is 2. The van der Waals surface area contributed by atoms with Crippen LogP contribution in [0.2, 0.25) is 0 Å². The number of nitrogens with one attached hydrogen (secondary N) is 1. The number of rotatable bonds is 5. The molecule has 0 spiro atoms. The highest BCUT2D eigenvalue weighted by Gasteiger charge is 2.09. The summed E-state index contributed by atoms with van der Waals surface area (Å²) < 4.78 is 5.64. The van der Waals surface area contributed by atoms with E-state index in [9.17, 15) is 4.79 Å². The van der Waals surface area contributed by atoms with Crippen LogP contribution in [0.15, 0.2) is 66.7 Å². The molecule has 126 valence electrons. The Morgan fingerprint density at radius 3 is 2.44 bits per heavy atom. The van der Waals surface area contributed by atoms with Crippen LogP contribution >= 0.6 is 0 Å². The molecule has 3 aromatic rings. The van der Waals surface area contributed by atoms with Gasteiger partial charge < -0.3 is 10.1 Å². The Kier molecular flexibility index (Phi) is 5.04. The van der Waals surface area contributed by atoms with Gasteiger partial charge in [-0.05, 0) is 44.2 Å². The molecule has 25 heavy (non-hydrogen) atoms. The average molecular weight is 333 g/mol. The van der Waals surface area contributed by atoms with E-state index >= 15 is 0 Å². The van der Waals surface area contributed by atoms with Gasteiger partial charge >= 0.3 is 0 Å². The van der Waals surface area contributed by atoms with Gasteiger partial charge in [-0.15, -0.1) is 10.2 Å². The lowest BCUT2D eigenvalue weighted by Crippen LogP contribution is -2.30. The minimum Gasteiger partial charge on any atom is -0.438 e. The van der Waals surface area contributed by atoms with Crippen LogP contribution in [0.5, 0.6) is 11.6 Å². The van der Waals surface area contributed by atoms with E-state index in [0.717, 1.165) is 5.56 Å². The first kappa shape index (κ1) is 16.6. The van der Waals surface area contributed by atoms with Gasteiger partial charge in [-0.3, -0.25) is 4.79 Å². The second-order valence-corrected chi connectivity index (χ2v) is 5.88. The van der Waals surface area contributed by atoms with Crippen molar-refractivity contribution in [2.24, 2.45) is 0 Å². The predicted molar refractivity (Wildman–Crippen MR) is 96.6 cm³/mol. The van der Waals surface area contributed by atoms with Crippen molar-refractivity contribution < 1.29 is 9.53 Å². The second-order valence-electron chi connectivity index (χ2n) is 5.88. The molecular formula is C20H19N3O2. The molecule has 5 heteroatoms. The first-order chi connectivity index (χ1) is 12.1. The van der Waals surface area contributed by atoms with Gasteiger partial charge in [0.05, 0.1) is 5.69 Å². The maximum Gasteiger partial charge on any atom is 0.251 e. The first-order valence-electron chi connectivity index (χ1n) is 8.10. The van der Waals surface area contributed by atoms with Crippen molar-refractivity contribution in [2.45, 2.75) is 19.9 Å². The van der Waals surface area contributed by atoms with Gasteiger partial charge in [-0.25, -0.2) is 0 Å². The summed E-state index contributed by atoms with van der Waals surface area (Å²) in [5.41, 5.74) is 2.10. The summed E-state index contributed by atoms with van der Waals surface area (Å²) in [6.45, 7) is 3.86. The molecule has 0 fully saturated rings. The molecule has 0 aliphatic carbocycles. The second kappa shape index (κ2) is 7.57. The molecule has 0 unspecified atom stereocenters. The van der Waals surface area contributed by atoms with Gasteiger partial charge in [0.15, 0.2) is 0 Å². The average Bonchev–Trinajstić information content (AvgIpc) is 2.63. The third kappa shape index (κ3) is 4.41. The number of amides is 1. The lowest BCUT2D eigenvalue weighted by atomic mass is 10.1. The molecule has 1 aromatic heterocycles. The highest BCUT2D eigenvalue weighted by molar-refractivity contribution is 5.95. The summed E-state index contributed by atoms with van der Waals surface area (Å²) in [4.78, 5) is 12.1. The number of hydrogen-bond donors (Lipinski definition) is 1. The molecule has 1 N–H and O–H groups in total. The topological polar surface area (TPSA) is 64.1 Å². The number of nitrogens with zero attached hydrogens (tertiary/aromatic N) is 2. The minimum atomic E-state index is -0.103. The normalized spacial score (nSPS) is 10.5. The van der Waals surface area contributed by atoms with Crippen molar-refractivity contribution in [1.82, 2.24) is 15.5 Å². The fourth-order valence-corrected chi connectivity index (χ4v) is 2.30. The Morgan fingerprint density at radius 2 is 1.76 bits per heavy atom. The number of carbonyl (C=O) groups excluding carboxylic acids is 1.